The van der Waals surface area contributed by atoms with Crippen molar-refractivity contribution >= 4 is 17.5 Å². The van der Waals surface area contributed by atoms with Gasteiger partial charge in [-0.2, -0.15) is 0 Å². The van der Waals surface area contributed by atoms with Crippen LogP contribution in [0.1, 0.15) is 24.2 Å². The van der Waals surface area contributed by atoms with Crippen LogP contribution in [0.5, 0.6) is 0 Å². The van der Waals surface area contributed by atoms with E-state index in [-0.39, 0.29) is 11.5 Å². The zero-order valence-corrected chi connectivity index (χ0v) is 9.41. The highest BCUT2D eigenvalue weighted by Gasteiger charge is 2.21. The normalized spacial score (nSPS) is 11.5. The zero-order valence-electron chi connectivity index (χ0n) is 8.59. The molecule has 0 heterocycles. The summed E-state index contributed by atoms with van der Waals surface area (Å²) in [5, 5.41) is 0. The van der Waals surface area contributed by atoms with Crippen molar-refractivity contribution in [2.75, 3.05) is 5.75 Å². The van der Waals surface area contributed by atoms with Crippen molar-refractivity contribution in [2.45, 2.75) is 24.7 Å². The molecule has 15 heavy (non-hydrogen) atoms. The van der Waals surface area contributed by atoms with Gasteiger partial charge in [0.25, 0.3) is 5.92 Å². The summed E-state index contributed by atoms with van der Waals surface area (Å²) in [5.41, 5.74) is 0.555. The van der Waals surface area contributed by atoms with Gasteiger partial charge in [0.15, 0.2) is 5.78 Å². The van der Waals surface area contributed by atoms with Crippen LogP contribution in [0.2, 0.25) is 0 Å². The Kier molecular flexibility index (Phi) is 3.85. The molecule has 0 spiro atoms. The average Bonchev–Trinajstić information content (AvgIpc) is 2.14. The molecule has 0 aliphatic rings. The number of hydrogen-bond donors (Lipinski definition) is 0. The first kappa shape index (κ1) is 12.2. The predicted octanol–water partition coefficient (Wildman–Crippen LogP) is 3.64. The SMILES string of the molecule is CC(=O)c1cccc(SCC(C)(F)F)c1. The number of thioether (sulfide) groups is 1. The summed E-state index contributed by atoms with van der Waals surface area (Å²) in [5.74, 6) is -3.01. The molecule has 0 unspecified atom stereocenters. The van der Waals surface area contributed by atoms with E-state index in [2.05, 4.69) is 0 Å². The molecule has 0 aliphatic heterocycles. The molecule has 0 saturated carbocycles. The predicted molar refractivity (Wildman–Crippen MR) is 57.8 cm³/mol. The average molecular weight is 230 g/mol. The Morgan fingerprint density at radius 3 is 2.67 bits per heavy atom. The van der Waals surface area contributed by atoms with Gasteiger partial charge in [-0.05, 0) is 19.1 Å². The van der Waals surface area contributed by atoms with Gasteiger partial charge in [0.05, 0.1) is 5.75 Å². The van der Waals surface area contributed by atoms with Gasteiger partial charge in [-0.25, -0.2) is 8.78 Å². The summed E-state index contributed by atoms with van der Waals surface area (Å²) in [4.78, 5) is 11.7. The minimum atomic E-state index is -2.68. The Bertz CT molecular complexity index is 358. The fourth-order valence-corrected chi connectivity index (χ4v) is 1.82. The first-order valence-corrected chi connectivity index (χ1v) is 5.49. The Labute approximate surface area is 91.9 Å². The molecule has 0 amide bonds. The number of Topliss-reactive ketones (excluding diaryl/α,β-unsaturated/α-hetero) is 1. The van der Waals surface area contributed by atoms with Gasteiger partial charge in [0.1, 0.15) is 0 Å². The Balaban J connectivity index is 2.70. The van der Waals surface area contributed by atoms with Crippen molar-refractivity contribution in [3.05, 3.63) is 29.8 Å². The van der Waals surface area contributed by atoms with E-state index in [0.717, 1.165) is 18.7 Å². The molecule has 0 aromatic heterocycles. The van der Waals surface area contributed by atoms with E-state index in [1.54, 1.807) is 24.3 Å². The lowest BCUT2D eigenvalue weighted by Crippen LogP contribution is -2.12. The Morgan fingerprint density at radius 1 is 1.47 bits per heavy atom. The fraction of sp³-hybridized carbons (Fsp3) is 0.364. The summed E-state index contributed by atoms with van der Waals surface area (Å²) in [6.07, 6.45) is 0. The van der Waals surface area contributed by atoms with Crippen LogP contribution in [0.4, 0.5) is 8.78 Å². The molecule has 1 nitrogen and oxygen atoms in total. The molecule has 0 bridgehead atoms. The van der Waals surface area contributed by atoms with Crippen LogP contribution in [-0.2, 0) is 0 Å². The summed E-state index contributed by atoms with van der Waals surface area (Å²) < 4.78 is 25.2. The minimum Gasteiger partial charge on any atom is -0.295 e. The molecule has 82 valence electrons. The van der Waals surface area contributed by atoms with Gasteiger partial charge < -0.3 is 0 Å². The molecule has 0 saturated heterocycles. The van der Waals surface area contributed by atoms with E-state index in [9.17, 15) is 13.6 Å². The van der Waals surface area contributed by atoms with E-state index in [1.165, 1.54) is 6.92 Å². The minimum absolute atomic E-state index is 0.0549. The maximum atomic E-state index is 12.6. The smallest absolute Gasteiger partial charge is 0.254 e. The lowest BCUT2D eigenvalue weighted by Gasteiger charge is -2.09. The highest BCUT2D eigenvalue weighted by molar-refractivity contribution is 7.99. The van der Waals surface area contributed by atoms with Gasteiger partial charge in [-0.15, -0.1) is 11.8 Å². The second-order valence-corrected chi connectivity index (χ2v) is 4.49. The van der Waals surface area contributed by atoms with Gasteiger partial charge in [0, 0.05) is 17.4 Å². The monoisotopic (exact) mass is 230 g/mol. The quantitative estimate of drug-likeness (QED) is 0.580. The lowest BCUT2D eigenvalue weighted by molar-refractivity contribution is 0.0492. The third-order valence-corrected chi connectivity index (χ3v) is 2.97. The van der Waals surface area contributed by atoms with Crippen LogP contribution in [0.25, 0.3) is 0 Å². The number of benzene rings is 1. The van der Waals surface area contributed by atoms with Gasteiger partial charge in [-0.3, -0.25) is 4.79 Å². The summed E-state index contributed by atoms with van der Waals surface area (Å²) in [6.45, 7) is 2.34. The van der Waals surface area contributed by atoms with Crippen LogP contribution in [0, 0.1) is 0 Å². The molecule has 0 fully saturated rings. The maximum absolute atomic E-state index is 12.6. The summed E-state index contributed by atoms with van der Waals surface area (Å²) >= 11 is 1.06. The highest BCUT2D eigenvalue weighted by atomic mass is 32.2. The van der Waals surface area contributed by atoms with E-state index < -0.39 is 5.92 Å². The molecular weight excluding hydrogens is 218 g/mol. The highest BCUT2D eigenvalue weighted by Crippen LogP contribution is 2.26. The standard InChI is InChI=1S/C11H12F2OS/c1-8(14)9-4-3-5-10(6-9)15-7-11(2,12)13/h3-6H,7H2,1-2H3. The molecule has 0 N–H and O–H groups in total. The molecule has 0 radical (unpaired) electrons. The fourth-order valence-electron chi connectivity index (χ4n) is 1.01. The third-order valence-electron chi connectivity index (χ3n) is 1.73. The van der Waals surface area contributed by atoms with E-state index in [0.29, 0.717) is 10.5 Å². The molecule has 4 heteroatoms. The van der Waals surface area contributed by atoms with E-state index in [1.807, 2.05) is 0 Å². The van der Waals surface area contributed by atoms with E-state index >= 15 is 0 Å². The maximum Gasteiger partial charge on any atom is 0.254 e. The molecule has 0 aliphatic carbocycles. The second kappa shape index (κ2) is 4.75. The molecule has 1 aromatic carbocycles. The van der Waals surface area contributed by atoms with Crippen molar-refractivity contribution in [2.24, 2.45) is 0 Å². The number of rotatable bonds is 4. The Hall–Kier alpha value is -0.900. The lowest BCUT2D eigenvalue weighted by atomic mass is 10.2. The topological polar surface area (TPSA) is 17.1 Å². The van der Waals surface area contributed by atoms with E-state index in [4.69, 9.17) is 0 Å². The number of halogens is 2. The van der Waals surface area contributed by atoms with Crippen molar-refractivity contribution in [3.8, 4) is 0 Å². The van der Waals surface area contributed by atoms with Gasteiger partial charge >= 0.3 is 0 Å². The molecular formula is C11H12F2OS. The largest absolute Gasteiger partial charge is 0.295 e. The molecule has 0 atom stereocenters. The van der Waals surface area contributed by atoms with Crippen molar-refractivity contribution < 1.29 is 13.6 Å². The first-order valence-electron chi connectivity index (χ1n) is 4.50. The molecule has 1 aromatic rings. The van der Waals surface area contributed by atoms with Crippen LogP contribution in [0.15, 0.2) is 29.2 Å². The van der Waals surface area contributed by atoms with Crippen molar-refractivity contribution in [3.63, 3.8) is 0 Å². The second-order valence-electron chi connectivity index (χ2n) is 3.44. The first-order chi connectivity index (χ1) is 6.88. The van der Waals surface area contributed by atoms with Crippen LogP contribution < -0.4 is 0 Å². The van der Waals surface area contributed by atoms with Crippen LogP contribution >= 0.6 is 11.8 Å². The third kappa shape index (κ3) is 4.42. The number of ketones is 1. The molecule has 1 rings (SSSR count). The zero-order chi connectivity index (χ0) is 11.5. The van der Waals surface area contributed by atoms with Gasteiger partial charge in [0.2, 0.25) is 0 Å². The number of carbonyl (C=O) groups excluding carboxylic acids is 1. The van der Waals surface area contributed by atoms with Crippen molar-refractivity contribution in [1.82, 2.24) is 0 Å². The van der Waals surface area contributed by atoms with Crippen LogP contribution in [0.3, 0.4) is 0 Å². The number of alkyl halides is 2. The van der Waals surface area contributed by atoms with Crippen molar-refractivity contribution in [1.29, 1.82) is 0 Å². The van der Waals surface area contributed by atoms with Gasteiger partial charge in [-0.1, -0.05) is 12.1 Å². The van der Waals surface area contributed by atoms with Crippen LogP contribution in [-0.4, -0.2) is 17.5 Å². The summed E-state index contributed by atoms with van der Waals surface area (Å²) in [7, 11) is 0. The number of carbonyl (C=O) groups is 1. The summed E-state index contributed by atoms with van der Waals surface area (Å²) in [6, 6.07) is 6.74. The Morgan fingerprint density at radius 2 is 2.13 bits per heavy atom. The number of hydrogen-bond acceptors (Lipinski definition) is 2.